The fourth-order valence-electron chi connectivity index (χ4n) is 0. The molecule has 0 saturated carbocycles. The molecule has 0 heterocycles. The fourth-order valence-corrected chi connectivity index (χ4v) is 0. The van der Waals surface area contributed by atoms with Crippen molar-refractivity contribution >= 4 is 6.29 Å². The molecule has 0 spiro atoms. The monoisotopic (exact) mass is 191 g/mol. The summed E-state index contributed by atoms with van der Waals surface area (Å²) in [5, 5.41) is 0. The van der Waals surface area contributed by atoms with Crippen molar-refractivity contribution in [2.75, 3.05) is 0 Å². The SMILES string of the molecule is CC.CC[C-]=O.[CH3-].[Y]. The minimum absolute atomic E-state index is 0. The molecule has 0 unspecified atom stereocenters. The van der Waals surface area contributed by atoms with Crippen LogP contribution in [0.2, 0.25) is 0 Å². The Bertz CT molecular complexity index is 22.5. The van der Waals surface area contributed by atoms with Crippen LogP contribution in [0.3, 0.4) is 0 Å². The number of carbonyl (C=O) groups excluding carboxylic acids is 1. The summed E-state index contributed by atoms with van der Waals surface area (Å²) in [6, 6.07) is 0. The Hall–Kier alpha value is 0.774. The predicted octanol–water partition coefficient (Wildman–Crippen LogP) is 1.98. The molecule has 0 N–H and O–H groups in total. The van der Waals surface area contributed by atoms with Crippen LogP contribution < -0.4 is 0 Å². The Balaban J connectivity index is -0.0000000183. The summed E-state index contributed by atoms with van der Waals surface area (Å²) < 4.78 is 0. The molecule has 49 valence electrons. The standard InChI is InChI=1S/C3H5O.C2H6.CH3.Y/c1-2-3-4;1-2;;/h2H2,1H3;1-2H3;1H3;/q-1;;-1;. The molecule has 0 aliphatic carbocycles. The summed E-state index contributed by atoms with van der Waals surface area (Å²) in [5.41, 5.74) is 0. The van der Waals surface area contributed by atoms with Gasteiger partial charge in [-0.15, -0.1) is 0 Å². The van der Waals surface area contributed by atoms with Crippen molar-refractivity contribution < 1.29 is 37.5 Å². The van der Waals surface area contributed by atoms with Crippen LogP contribution in [-0.2, 0) is 37.5 Å². The average molecular weight is 191 g/mol. The summed E-state index contributed by atoms with van der Waals surface area (Å²) in [7, 11) is 0. The summed E-state index contributed by atoms with van der Waals surface area (Å²) in [6.45, 7) is 5.76. The largest absolute Gasteiger partial charge is 0.542 e. The topological polar surface area (TPSA) is 17.1 Å². The Morgan fingerprint density at radius 1 is 1.38 bits per heavy atom. The van der Waals surface area contributed by atoms with E-state index in [0.717, 1.165) is 0 Å². The molecule has 0 fully saturated rings. The third-order valence-electron chi connectivity index (χ3n) is 0.144. The molecular weight excluding hydrogens is 177 g/mol. The van der Waals surface area contributed by atoms with E-state index in [4.69, 9.17) is 4.79 Å². The van der Waals surface area contributed by atoms with Crippen molar-refractivity contribution in [2.45, 2.75) is 27.2 Å². The van der Waals surface area contributed by atoms with Crippen molar-refractivity contribution in [1.29, 1.82) is 0 Å². The minimum Gasteiger partial charge on any atom is -0.542 e. The maximum atomic E-state index is 9.05. The molecule has 0 aliphatic rings. The van der Waals surface area contributed by atoms with Crippen LogP contribution in [0.15, 0.2) is 0 Å². The van der Waals surface area contributed by atoms with Crippen molar-refractivity contribution in [3.63, 3.8) is 0 Å². The normalized spacial score (nSPS) is 3.88. The Labute approximate surface area is 78.1 Å². The second-order valence-electron chi connectivity index (χ2n) is 0.498. The summed E-state index contributed by atoms with van der Waals surface area (Å²) >= 11 is 0. The van der Waals surface area contributed by atoms with E-state index in [1.165, 1.54) is 0 Å². The van der Waals surface area contributed by atoms with Gasteiger partial charge < -0.3 is 12.2 Å². The second-order valence-corrected chi connectivity index (χ2v) is 0.498. The molecule has 0 rings (SSSR count). The molecule has 0 aromatic heterocycles. The first-order valence-corrected chi connectivity index (χ1v) is 2.26. The molecule has 0 aromatic carbocycles. The van der Waals surface area contributed by atoms with Crippen LogP contribution >= 0.6 is 0 Å². The van der Waals surface area contributed by atoms with E-state index in [0.29, 0.717) is 6.42 Å². The number of hydrogen-bond donors (Lipinski definition) is 0. The maximum Gasteiger partial charge on any atom is 0 e. The van der Waals surface area contributed by atoms with Gasteiger partial charge in [-0.3, -0.25) is 6.29 Å². The van der Waals surface area contributed by atoms with Crippen molar-refractivity contribution in [3.05, 3.63) is 7.43 Å². The van der Waals surface area contributed by atoms with Crippen LogP contribution in [0.4, 0.5) is 0 Å². The van der Waals surface area contributed by atoms with Gasteiger partial charge in [0, 0.05) is 32.7 Å². The van der Waals surface area contributed by atoms with E-state index in [-0.39, 0.29) is 40.1 Å². The minimum atomic E-state index is 0. The van der Waals surface area contributed by atoms with Gasteiger partial charge in [0.05, 0.1) is 0 Å². The van der Waals surface area contributed by atoms with Gasteiger partial charge in [0.25, 0.3) is 0 Å². The van der Waals surface area contributed by atoms with E-state index in [9.17, 15) is 0 Å². The molecule has 0 bridgehead atoms. The molecule has 0 aromatic rings. The molecule has 0 aliphatic heterocycles. The van der Waals surface area contributed by atoms with Crippen molar-refractivity contribution in [2.24, 2.45) is 0 Å². The second kappa shape index (κ2) is 46.4. The van der Waals surface area contributed by atoms with Gasteiger partial charge in [-0.25, -0.2) is 0 Å². The summed E-state index contributed by atoms with van der Waals surface area (Å²) in [4.78, 5) is 9.05. The van der Waals surface area contributed by atoms with E-state index in [1.807, 2.05) is 13.8 Å². The Kier molecular flexibility index (Phi) is 135. The third kappa shape index (κ3) is 71.8. The van der Waals surface area contributed by atoms with Crippen LogP contribution in [0.25, 0.3) is 0 Å². The van der Waals surface area contributed by atoms with Crippen molar-refractivity contribution in [3.8, 4) is 0 Å². The molecule has 1 nitrogen and oxygen atoms in total. The molecule has 0 atom stereocenters. The summed E-state index contributed by atoms with van der Waals surface area (Å²) in [5.74, 6) is 0. The van der Waals surface area contributed by atoms with E-state index in [1.54, 1.807) is 13.2 Å². The van der Waals surface area contributed by atoms with Crippen LogP contribution in [0, 0.1) is 7.43 Å². The van der Waals surface area contributed by atoms with E-state index >= 15 is 0 Å². The first kappa shape index (κ1) is 23.3. The zero-order chi connectivity index (χ0) is 5.41. The van der Waals surface area contributed by atoms with Gasteiger partial charge in [-0.1, -0.05) is 20.8 Å². The van der Waals surface area contributed by atoms with Crippen molar-refractivity contribution in [1.82, 2.24) is 0 Å². The smallest absolute Gasteiger partial charge is 0 e. The maximum absolute atomic E-state index is 9.05. The van der Waals surface area contributed by atoms with E-state index < -0.39 is 0 Å². The van der Waals surface area contributed by atoms with Gasteiger partial charge in [0.2, 0.25) is 0 Å². The van der Waals surface area contributed by atoms with E-state index in [2.05, 4.69) is 0 Å². The van der Waals surface area contributed by atoms with Crippen LogP contribution in [0.5, 0.6) is 0 Å². The molecule has 0 saturated heterocycles. The Morgan fingerprint density at radius 3 is 1.50 bits per heavy atom. The molecule has 8 heavy (non-hydrogen) atoms. The van der Waals surface area contributed by atoms with Gasteiger partial charge in [-0.2, -0.15) is 6.42 Å². The van der Waals surface area contributed by atoms with Gasteiger partial charge in [-0.05, 0) is 0 Å². The van der Waals surface area contributed by atoms with Gasteiger partial charge >= 0.3 is 0 Å². The van der Waals surface area contributed by atoms with Crippen LogP contribution in [-0.4, -0.2) is 6.29 Å². The summed E-state index contributed by atoms with van der Waals surface area (Å²) in [6.07, 6.45) is 2.19. The molecule has 2 heteroatoms. The van der Waals surface area contributed by atoms with Crippen LogP contribution in [0.1, 0.15) is 27.2 Å². The van der Waals surface area contributed by atoms with Gasteiger partial charge in [0.1, 0.15) is 0 Å². The Morgan fingerprint density at radius 2 is 1.50 bits per heavy atom. The number of rotatable bonds is 1. The quantitative estimate of drug-likeness (QED) is 0.579. The fraction of sp³-hybridized carbons (Fsp3) is 0.667. The predicted molar refractivity (Wildman–Crippen MR) is 33.7 cm³/mol. The molecule has 1 radical (unpaired) electrons. The average Bonchev–Trinajstić information content (AvgIpc) is 1.72. The first-order valence-electron chi connectivity index (χ1n) is 2.26. The molecular formula is C6H14OY-2. The first-order chi connectivity index (χ1) is 2.91. The zero-order valence-corrected chi connectivity index (χ0v) is 9.03. The third-order valence-corrected chi connectivity index (χ3v) is 0.144. The number of hydrogen-bond acceptors (Lipinski definition) is 1. The van der Waals surface area contributed by atoms with Gasteiger partial charge in [0.15, 0.2) is 0 Å². The zero-order valence-electron chi connectivity index (χ0n) is 6.19. The molecule has 0 amide bonds.